The number of alkyl halides is 3. The van der Waals surface area contributed by atoms with E-state index >= 15 is 0 Å². The van der Waals surface area contributed by atoms with Crippen LogP contribution in [0, 0.1) is 0 Å². The summed E-state index contributed by atoms with van der Waals surface area (Å²) in [5.41, 5.74) is 0.772. The lowest BCUT2D eigenvalue weighted by Gasteiger charge is -2.20. The molecule has 1 atom stereocenters. The minimum atomic E-state index is -4.40. The Morgan fingerprint density at radius 1 is 1.25 bits per heavy atom. The molecule has 0 aliphatic heterocycles. The fourth-order valence-electron chi connectivity index (χ4n) is 2.36. The molecule has 0 spiro atoms. The van der Waals surface area contributed by atoms with Gasteiger partial charge in [-0.2, -0.15) is 13.2 Å². The predicted molar refractivity (Wildman–Crippen MR) is 81.4 cm³/mol. The zero-order chi connectivity index (χ0) is 17.2. The van der Waals surface area contributed by atoms with Gasteiger partial charge in [0.05, 0.1) is 24.5 Å². The number of rotatable bonds is 5. The molecule has 6 nitrogen and oxygen atoms in total. The molecule has 2 heterocycles. The lowest BCUT2D eigenvalue weighted by atomic mass is 10.0. The van der Waals surface area contributed by atoms with E-state index in [4.69, 9.17) is 4.74 Å². The van der Waals surface area contributed by atoms with E-state index in [9.17, 15) is 13.2 Å². The zero-order valence-electron chi connectivity index (χ0n) is 12.6. The number of hydrogen-bond donors (Lipinski definition) is 2. The normalized spacial score (nSPS) is 13.2. The number of aromatic amines is 1. The van der Waals surface area contributed by atoms with Crippen LogP contribution in [-0.2, 0) is 10.9 Å². The molecule has 0 amide bonds. The highest BCUT2D eigenvalue weighted by Gasteiger charge is 2.31. The van der Waals surface area contributed by atoms with Crippen molar-refractivity contribution in [3.05, 3.63) is 48.0 Å². The molecule has 0 aliphatic carbocycles. The van der Waals surface area contributed by atoms with Crippen LogP contribution in [0.1, 0.15) is 17.2 Å². The molecule has 126 valence electrons. The Hall–Kier alpha value is -2.68. The fraction of sp³-hybridized carbons (Fsp3) is 0.267. The zero-order valence-corrected chi connectivity index (χ0v) is 12.6. The SMILES string of the molecule is COC[C@@H](Nc1ncnc2nc[nH]c12)c1cccc(C(F)(F)F)c1. The number of H-pyrrole nitrogens is 1. The largest absolute Gasteiger partial charge is 0.416 e. The Morgan fingerprint density at radius 2 is 2.08 bits per heavy atom. The highest BCUT2D eigenvalue weighted by molar-refractivity contribution is 5.82. The summed E-state index contributed by atoms with van der Waals surface area (Å²) in [4.78, 5) is 15.1. The van der Waals surface area contributed by atoms with E-state index in [0.717, 1.165) is 12.1 Å². The third-order valence-electron chi connectivity index (χ3n) is 3.48. The number of nitrogens with one attached hydrogen (secondary N) is 2. The number of fused-ring (bicyclic) bond motifs is 1. The van der Waals surface area contributed by atoms with Crippen LogP contribution < -0.4 is 5.32 Å². The van der Waals surface area contributed by atoms with Gasteiger partial charge in [0.1, 0.15) is 11.8 Å². The summed E-state index contributed by atoms with van der Waals surface area (Å²) in [6.07, 6.45) is -1.60. The summed E-state index contributed by atoms with van der Waals surface area (Å²) in [5, 5.41) is 3.09. The Labute approximate surface area is 135 Å². The monoisotopic (exact) mass is 337 g/mol. The molecule has 0 saturated carbocycles. The van der Waals surface area contributed by atoms with Crippen LogP contribution in [0.25, 0.3) is 11.2 Å². The average molecular weight is 337 g/mol. The first kappa shape index (κ1) is 16.2. The summed E-state index contributed by atoms with van der Waals surface area (Å²) in [5.74, 6) is 0.442. The van der Waals surface area contributed by atoms with Gasteiger partial charge in [0.2, 0.25) is 0 Å². The van der Waals surface area contributed by atoms with Crippen molar-refractivity contribution in [1.82, 2.24) is 19.9 Å². The van der Waals surface area contributed by atoms with Crippen molar-refractivity contribution < 1.29 is 17.9 Å². The molecule has 9 heteroatoms. The van der Waals surface area contributed by atoms with E-state index in [2.05, 4.69) is 25.3 Å². The van der Waals surface area contributed by atoms with E-state index in [1.165, 1.54) is 25.8 Å². The Balaban J connectivity index is 1.94. The number of ether oxygens (including phenoxy) is 1. The summed E-state index contributed by atoms with van der Waals surface area (Å²) in [6, 6.07) is 4.59. The molecule has 3 aromatic rings. The molecule has 3 rings (SSSR count). The maximum Gasteiger partial charge on any atom is 0.416 e. The van der Waals surface area contributed by atoms with Crippen LogP contribution in [0.5, 0.6) is 0 Å². The third kappa shape index (κ3) is 3.30. The molecule has 0 aliphatic rings. The molecule has 2 aromatic heterocycles. The van der Waals surface area contributed by atoms with Gasteiger partial charge >= 0.3 is 6.18 Å². The molecular weight excluding hydrogens is 323 g/mol. The van der Waals surface area contributed by atoms with Gasteiger partial charge in [-0.25, -0.2) is 15.0 Å². The van der Waals surface area contributed by atoms with E-state index in [1.807, 2.05) is 0 Å². The highest BCUT2D eigenvalue weighted by Crippen LogP contribution is 2.31. The first-order chi connectivity index (χ1) is 11.5. The standard InChI is InChI=1S/C15H14F3N5O/c1-24-6-11(9-3-2-4-10(5-9)15(16,17)18)23-14-12-13(20-7-19-12)21-8-22-14/h2-5,7-8,11H,6H2,1H3,(H2,19,20,21,22,23)/t11-/m1/s1. The van der Waals surface area contributed by atoms with Crippen LogP contribution >= 0.6 is 0 Å². The number of halogens is 3. The van der Waals surface area contributed by atoms with Crippen LogP contribution in [0.2, 0.25) is 0 Å². The van der Waals surface area contributed by atoms with Gasteiger partial charge < -0.3 is 15.0 Å². The van der Waals surface area contributed by atoms with Crippen molar-refractivity contribution in [3.8, 4) is 0 Å². The van der Waals surface area contributed by atoms with Crippen molar-refractivity contribution in [2.45, 2.75) is 12.2 Å². The maximum absolute atomic E-state index is 12.9. The summed E-state index contributed by atoms with van der Waals surface area (Å²) in [6.45, 7) is 0.168. The van der Waals surface area contributed by atoms with Crippen molar-refractivity contribution in [2.24, 2.45) is 0 Å². The number of anilines is 1. The van der Waals surface area contributed by atoms with Crippen molar-refractivity contribution >= 4 is 17.0 Å². The average Bonchev–Trinajstić information content (AvgIpc) is 3.03. The number of methoxy groups -OCH3 is 1. The van der Waals surface area contributed by atoms with Gasteiger partial charge in [-0.15, -0.1) is 0 Å². The van der Waals surface area contributed by atoms with E-state index < -0.39 is 17.8 Å². The first-order valence-corrected chi connectivity index (χ1v) is 7.05. The molecule has 0 bridgehead atoms. The molecule has 0 fully saturated rings. The van der Waals surface area contributed by atoms with Crippen molar-refractivity contribution in [2.75, 3.05) is 19.0 Å². The van der Waals surface area contributed by atoms with E-state index in [1.54, 1.807) is 6.07 Å². The summed E-state index contributed by atoms with van der Waals surface area (Å²) in [7, 11) is 1.48. The number of benzene rings is 1. The van der Waals surface area contributed by atoms with Gasteiger partial charge in [0, 0.05) is 7.11 Å². The van der Waals surface area contributed by atoms with Crippen LogP contribution in [0.3, 0.4) is 0 Å². The number of imidazole rings is 1. The second-order valence-corrected chi connectivity index (χ2v) is 5.10. The van der Waals surface area contributed by atoms with Gasteiger partial charge in [0.25, 0.3) is 0 Å². The van der Waals surface area contributed by atoms with Crippen molar-refractivity contribution in [1.29, 1.82) is 0 Å². The number of hydrogen-bond acceptors (Lipinski definition) is 5. The van der Waals surface area contributed by atoms with Crippen LogP contribution in [0.15, 0.2) is 36.9 Å². The van der Waals surface area contributed by atoms with Crippen molar-refractivity contribution in [3.63, 3.8) is 0 Å². The van der Waals surface area contributed by atoms with Gasteiger partial charge in [-0.3, -0.25) is 0 Å². The first-order valence-electron chi connectivity index (χ1n) is 7.05. The molecule has 0 saturated heterocycles. The van der Waals surface area contributed by atoms with Gasteiger partial charge in [-0.1, -0.05) is 12.1 Å². The third-order valence-corrected chi connectivity index (χ3v) is 3.48. The Morgan fingerprint density at radius 3 is 2.83 bits per heavy atom. The van der Waals surface area contributed by atoms with Crippen LogP contribution in [-0.4, -0.2) is 33.7 Å². The fourth-order valence-corrected chi connectivity index (χ4v) is 2.36. The number of aromatic nitrogens is 4. The minimum absolute atomic E-state index is 0.168. The number of nitrogens with zero attached hydrogens (tertiary/aromatic N) is 3. The molecule has 2 N–H and O–H groups in total. The van der Waals surface area contributed by atoms with E-state index in [-0.39, 0.29) is 6.61 Å². The topological polar surface area (TPSA) is 75.7 Å². The molecular formula is C15H14F3N5O. The van der Waals surface area contributed by atoms with E-state index in [0.29, 0.717) is 22.5 Å². The Kier molecular flexibility index (Phi) is 4.34. The van der Waals surface area contributed by atoms with Crippen LogP contribution in [0.4, 0.5) is 19.0 Å². The smallest absolute Gasteiger partial charge is 0.382 e. The lowest BCUT2D eigenvalue weighted by molar-refractivity contribution is -0.137. The molecule has 1 aromatic carbocycles. The van der Waals surface area contributed by atoms with Gasteiger partial charge in [-0.05, 0) is 17.7 Å². The lowest BCUT2D eigenvalue weighted by Crippen LogP contribution is -2.18. The second-order valence-electron chi connectivity index (χ2n) is 5.10. The maximum atomic E-state index is 12.9. The predicted octanol–water partition coefficient (Wildman–Crippen LogP) is 3.17. The summed E-state index contributed by atoms with van der Waals surface area (Å²) >= 11 is 0. The van der Waals surface area contributed by atoms with Gasteiger partial charge in [0.15, 0.2) is 11.5 Å². The quantitative estimate of drug-likeness (QED) is 0.748. The minimum Gasteiger partial charge on any atom is -0.382 e. The molecule has 0 unspecified atom stereocenters. The molecule has 0 radical (unpaired) electrons. The highest BCUT2D eigenvalue weighted by atomic mass is 19.4. The summed E-state index contributed by atoms with van der Waals surface area (Å²) < 4.78 is 43.9. The second kappa shape index (κ2) is 6.44. The molecule has 24 heavy (non-hydrogen) atoms. The Bertz CT molecular complexity index is 833.